The van der Waals surface area contributed by atoms with E-state index < -0.39 is 45.0 Å². The first-order valence-corrected chi connectivity index (χ1v) is 15.9. The van der Waals surface area contributed by atoms with Crippen molar-refractivity contribution in [2.75, 3.05) is 58.1 Å². The fourth-order valence-corrected chi connectivity index (χ4v) is 7.83. The van der Waals surface area contributed by atoms with Crippen LogP contribution in [0.4, 0.5) is 18.9 Å². The number of fused-ring (bicyclic) bond motifs is 1. The molecule has 0 bridgehead atoms. The summed E-state index contributed by atoms with van der Waals surface area (Å²) in [6.45, 7) is -0.00183. The molecule has 0 unspecified atom stereocenters. The van der Waals surface area contributed by atoms with E-state index in [4.69, 9.17) is 9.47 Å². The number of hydrogen-bond donors (Lipinski definition) is 1. The van der Waals surface area contributed by atoms with E-state index in [1.807, 2.05) is 4.90 Å². The number of hydrogen-bond acceptors (Lipinski definition) is 10. The van der Waals surface area contributed by atoms with Crippen molar-refractivity contribution >= 4 is 44.0 Å². The standard InChI is InChI=1S/C25H30F3N7O6S2/c1-32-18-16(33-6-8-34(9-7-33)21(36)25(40-2)4-3-5-25)10-15(43(38,39)31-24(12-26)13-41-14-24)11-17(18)35(23(32)37)22-30-29-20(42-22)19(27)28/h10-11,19,31H,3-9,12-14H2,1-2H3. The average molecular weight is 646 g/mol. The monoisotopic (exact) mass is 645 g/mol. The minimum absolute atomic E-state index is 0.0875. The zero-order valence-corrected chi connectivity index (χ0v) is 25.0. The molecule has 3 aromatic rings. The van der Waals surface area contributed by atoms with Gasteiger partial charge in [0.05, 0.1) is 34.8 Å². The minimum atomic E-state index is -4.35. The van der Waals surface area contributed by atoms with E-state index in [0.29, 0.717) is 61.6 Å². The number of carbonyl (C=O) groups excluding carboxylic acids is 1. The van der Waals surface area contributed by atoms with Crippen LogP contribution in [0, 0.1) is 0 Å². The highest BCUT2D eigenvalue weighted by Crippen LogP contribution is 2.38. The summed E-state index contributed by atoms with van der Waals surface area (Å²) < 4.78 is 83.0. The number of anilines is 1. The Morgan fingerprint density at radius 3 is 2.40 bits per heavy atom. The van der Waals surface area contributed by atoms with Crippen LogP contribution >= 0.6 is 11.3 Å². The van der Waals surface area contributed by atoms with Crippen molar-refractivity contribution in [3.05, 3.63) is 27.6 Å². The third kappa shape index (κ3) is 4.92. The normalized spacial score (nSPS) is 20.0. The molecule has 6 rings (SSSR count). The highest BCUT2D eigenvalue weighted by atomic mass is 32.2. The Labute approximate surface area is 248 Å². The number of sulfonamides is 1. The van der Waals surface area contributed by atoms with E-state index in [2.05, 4.69) is 14.9 Å². The summed E-state index contributed by atoms with van der Waals surface area (Å²) in [4.78, 5) is 30.0. The third-order valence-electron chi connectivity index (χ3n) is 8.43. The van der Waals surface area contributed by atoms with Crippen molar-refractivity contribution in [2.24, 2.45) is 7.05 Å². The number of aryl methyl sites for hydroxylation is 1. The van der Waals surface area contributed by atoms with Crippen LogP contribution in [0.15, 0.2) is 21.8 Å². The molecule has 18 heteroatoms. The van der Waals surface area contributed by atoms with Crippen LogP contribution < -0.4 is 15.3 Å². The summed E-state index contributed by atoms with van der Waals surface area (Å²) in [5.74, 6) is -0.0875. The van der Waals surface area contributed by atoms with Crippen molar-refractivity contribution < 1.29 is 35.9 Å². The summed E-state index contributed by atoms with van der Waals surface area (Å²) >= 11 is 0.510. The number of rotatable bonds is 9. The van der Waals surface area contributed by atoms with Gasteiger partial charge in [0.25, 0.3) is 12.3 Å². The Kier molecular flexibility index (Phi) is 7.55. The Hall–Kier alpha value is -3.06. The van der Waals surface area contributed by atoms with Gasteiger partial charge in [0.1, 0.15) is 17.8 Å². The summed E-state index contributed by atoms with van der Waals surface area (Å²) in [5.41, 5.74) is -2.09. The topological polar surface area (TPSA) is 141 Å². The largest absolute Gasteiger partial charge is 0.377 e. The molecule has 3 fully saturated rings. The predicted octanol–water partition coefficient (Wildman–Crippen LogP) is 1.35. The van der Waals surface area contributed by atoms with Gasteiger partial charge in [-0.05, 0) is 31.4 Å². The molecule has 1 saturated carbocycles. The van der Waals surface area contributed by atoms with Crippen molar-refractivity contribution in [1.29, 1.82) is 0 Å². The molecule has 43 heavy (non-hydrogen) atoms. The zero-order valence-electron chi connectivity index (χ0n) is 23.4. The molecule has 234 valence electrons. The average Bonchev–Trinajstić information content (AvgIpc) is 3.53. The number of nitrogens with zero attached hydrogens (tertiary/aromatic N) is 6. The van der Waals surface area contributed by atoms with E-state index in [9.17, 15) is 31.2 Å². The van der Waals surface area contributed by atoms with Crippen molar-refractivity contribution in [2.45, 2.75) is 41.7 Å². The smallest absolute Gasteiger partial charge is 0.335 e. The molecule has 2 aliphatic heterocycles. The molecule has 1 N–H and O–H groups in total. The molecule has 0 atom stereocenters. The number of alkyl halides is 3. The van der Waals surface area contributed by atoms with Crippen molar-refractivity contribution in [3.63, 3.8) is 0 Å². The Balaban J connectivity index is 1.43. The number of nitrogens with one attached hydrogen (secondary N) is 1. The lowest BCUT2D eigenvalue weighted by molar-refractivity contribution is -0.166. The Morgan fingerprint density at radius 1 is 1.19 bits per heavy atom. The molecule has 0 spiro atoms. The van der Waals surface area contributed by atoms with E-state index in [1.165, 1.54) is 30.9 Å². The minimum Gasteiger partial charge on any atom is -0.377 e. The van der Waals surface area contributed by atoms with Crippen molar-refractivity contribution in [3.8, 4) is 5.13 Å². The molecule has 1 aromatic carbocycles. The van der Waals surface area contributed by atoms with E-state index in [0.717, 1.165) is 11.0 Å². The maximum atomic E-state index is 13.8. The van der Waals surface area contributed by atoms with Gasteiger partial charge < -0.3 is 19.3 Å². The SMILES string of the molecule is COC1(C(=O)N2CCN(c3cc(S(=O)(=O)NC4(CF)COC4)cc4c3n(C)c(=O)n4-c3nnc(C(F)F)s3)CC2)CCC1. The fourth-order valence-electron chi connectivity index (χ4n) is 5.73. The first-order chi connectivity index (χ1) is 20.4. The summed E-state index contributed by atoms with van der Waals surface area (Å²) in [5, 5.41) is 6.50. The Bertz CT molecular complexity index is 1710. The molecule has 2 saturated heterocycles. The number of aromatic nitrogens is 4. The highest BCUT2D eigenvalue weighted by molar-refractivity contribution is 7.89. The lowest BCUT2D eigenvalue weighted by Gasteiger charge is -2.45. The molecule has 2 aromatic heterocycles. The lowest BCUT2D eigenvalue weighted by Crippen LogP contribution is -2.63. The second-order valence-corrected chi connectivity index (χ2v) is 13.7. The quantitative estimate of drug-likeness (QED) is 0.365. The van der Waals surface area contributed by atoms with E-state index in [-0.39, 0.29) is 34.7 Å². The molecule has 1 aliphatic carbocycles. The van der Waals surface area contributed by atoms with Crippen LogP contribution in [0.2, 0.25) is 0 Å². The van der Waals surface area contributed by atoms with Gasteiger partial charge in [-0.1, -0.05) is 11.3 Å². The molecular weight excluding hydrogens is 615 g/mol. The van der Waals surface area contributed by atoms with Gasteiger partial charge >= 0.3 is 5.69 Å². The molecule has 0 radical (unpaired) electrons. The number of carbonyl (C=O) groups is 1. The molecule has 3 aliphatic rings. The Morgan fingerprint density at radius 2 is 1.88 bits per heavy atom. The highest BCUT2D eigenvalue weighted by Gasteiger charge is 2.47. The van der Waals surface area contributed by atoms with Crippen LogP contribution in [-0.2, 0) is 31.3 Å². The first kappa shape index (κ1) is 30.0. The maximum absolute atomic E-state index is 13.8. The van der Waals surface area contributed by atoms with E-state index in [1.54, 1.807) is 4.90 Å². The first-order valence-electron chi connectivity index (χ1n) is 13.6. The number of benzene rings is 1. The van der Waals surface area contributed by atoms with Crippen LogP contribution in [0.25, 0.3) is 16.2 Å². The molecule has 4 heterocycles. The van der Waals surface area contributed by atoms with Gasteiger partial charge in [0.2, 0.25) is 15.2 Å². The van der Waals surface area contributed by atoms with Gasteiger partial charge in [-0.2, -0.15) is 4.72 Å². The lowest BCUT2D eigenvalue weighted by atomic mass is 9.78. The van der Waals surface area contributed by atoms with Gasteiger partial charge in [-0.25, -0.2) is 31.0 Å². The molecular formula is C25H30F3N7O6S2. The van der Waals surface area contributed by atoms with Crippen LogP contribution in [0.3, 0.4) is 0 Å². The molecule has 13 nitrogen and oxygen atoms in total. The summed E-state index contributed by atoms with van der Waals surface area (Å²) in [6, 6.07) is 2.63. The fraction of sp³-hybridized carbons (Fsp3) is 0.600. The van der Waals surface area contributed by atoms with Gasteiger partial charge in [0, 0.05) is 40.3 Å². The number of amides is 1. The maximum Gasteiger partial charge on any atom is 0.335 e. The number of piperazine rings is 1. The summed E-state index contributed by atoms with van der Waals surface area (Å²) in [6.07, 6.45) is -0.710. The number of methoxy groups -OCH3 is 1. The number of imidazole rings is 1. The summed E-state index contributed by atoms with van der Waals surface area (Å²) in [7, 11) is -1.34. The van der Waals surface area contributed by atoms with E-state index >= 15 is 0 Å². The van der Waals surface area contributed by atoms with Gasteiger partial charge in [-0.3, -0.25) is 9.36 Å². The van der Waals surface area contributed by atoms with Gasteiger partial charge in [0.15, 0.2) is 5.01 Å². The second-order valence-electron chi connectivity index (χ2n) is 11.1. The van der Waals surface area contributed by atoms with Crippen LogP contribution in [0.1, 0.15) is 30.7 Å². The number of halogens is 3. The van der Waals surface area contributed by atoms with Crippen LogP contribution in [-0.4, -0.2) is 103 Å². The third-order valence-corrected chi connectivity index (χ3v) is 10.9. The zero-order chi connectivity index (χ0) is 30.7. The van der Waals surface area contributed by atoms with Gasteiger partial charge in [-0.15, -0.1) is 10.2 Å². The predicted molar refractivity (Wildman–Crippen MR) is 149 cm³/mol. The number of ether oxygens (including phenoxy) is 2. The van der Waals surface area contributed by atoms with Crippen molar-refractivity contribution in [1.82, 2.24) is 29.0 Å². The van der Waals surface area contributed by atoms with Crippen LogP contribution in [0.5, 0.6) is 0 Å². The molecule has 1 amide bonds. The second kappa shape index (κ2) is 10.8.